The first-order valence-electron chi connectivity index (χ1n) is 6.20. The van der Waals surface area contributed by atoms with Crippen molar-refractivity contribution in [2.45, 2.75) is 19.8 Å². The van der Waals surface area contributed by atoms with Gasteiger partial charge in [0.2, 0.25) is 0 Å². The zero-order valence-electron chi connectivity index (χ0n) is 10.7. The van der Waals surface area contributed by atoms with E-state index in [-0.39, 0.29) is 0 Å². The molecule has 1 aromatic carbocycles. The quantitative estimate of drug-likeness (QED) is 0.824. The lowest BCUT2D eigenvalue weighted by Gasteiger charge is -2.05. The molecule has 0 unspecified atom stereocenters. The summed E-state index contributed by atoms with van der Waals surface area (Å²) in [7, 11) is 0. The summed E-state index contributed by atoms with van der Waals surface area (Å²) in [5.74, 6) is -1.04. The molecule has 0 spiro atoms. The number of nitrogens with zero attached hydrogens (tertiary/aromatic N) is 1. The van der Waals surface area contributed by atoms with Gasteiger partial charge in [-0.15, -0.1) is 11.3 Å². The van der Waals surface area contributed by atoms with Crippen LogP contribution in [0.5, 0.6) is 0 Å². The minimum Gasteiger partial charge on any atom is -0.316 e. The second-order valence-corrected chi connectivity index (χ2v) is 5.33. The molecule has 0 aliphatic rings. The average Bonchev–Trinajstić information content (AvgIpc) is 2.73. The summed E-state index contributed by atoms with van der Waals surface area (Å²) in [6, 6.07) is 3.64. The molecule has 5 heteroatoms. The zero-order chi connectivity index (χ0) is 13.7. The molecule has 0 fully saturated rings. The third kappa shape index (κ3) is 4.36. The first-order chi connectivity index (χ1) is 9.15. The van der Waals surface area contributed by atoms with Crippen molar-refractivity contribution >= 4 is 11.3 Å². The summed E-state index contributed by atoms with van der Waals surface area (Å²) < 4.78 is 25.9. The van der Waals surface area contributed by atoms with Crippen molar-refractivity contribution in [1.82, 2.24) is 10.3 Å². The Morgan fingerprint density at radius 3 is 2.42 bits per heavy atom. The highest BCUT2D eigenvalue weighted by Crippen LogP contribution is 2.12. The van der Waals surface area contributed by atoms with E-state index >= 15 is 0 Å². The van der Waals surface area contributed by atoms with E-state index in [4.69, 9.17) is 0 Å². The average molecular weight is 282 g/mol. The van der Waals surface area contributed by atoms with E-state index in [2.05, 4.69) is 10.3 Å². The van der Waals surface area contributed by atoms with Gasteiger partial charge in [0.25, 0.3) is 0 Å². The van der Waals surface area contributed by atoms with Gasteiger partial charge in [0, 0.05) is 17.5 Å². The molecule has 2 nitrogen and oxygen atoms in total. The lowest BCUT2D eigenvalue weighted by Crippen LogP contribution is -2.20. The Morgan fingerprint density at radius 1 is 1.11 bits per heavy atom. The Labute approximate surface area is 115 Å². The Morgan fingerprint density at radius 2 is 1.79 bits per heavy atom. The molecule has 0 radical (unpaired) electrons. The summed E-state index contributed by atoms with van der Waals surface area (Å²) in [5, 5.41) is 3.27. The standard InChI is InChI=1S/C14H16F2N2S/c1-10-14(19-9-18-10)3-5-17-4-2-11-6-12(15)8-13(16)7-11/h6-9,17H,2-5H2,1H3. The van der Waals surface area contributed by atoms with Crippen LogP contribution in [0.3, 0.4) is 0 Å². The molecule has 0 atom stereocenters. The molecule has 19 heavy (non-hydrogen) atoms. The van der Waals surface area contributed by atoms with Gasteiger partial charge >= 0.3 is 0 Å². The van der Waals surface area contributed by atoms with Crippen molar-refractivity contribution in [3.05, 3.63) is 51.5 Å². The number of nitrogens with one attached hydrogen (secondary N) is 1. The Hall–Kier alpha value is -1.33. The molecule has 0 saturated carbocycles. The summed E-state index contributed by atoms with van der Waals surface area (Å²) >= 11 is 1.66. The summed E-state index contributed by atoms with van der Waals surface area (Å²) in [5.41, 5.74) is 3.61. The van der Waals surface area contributed by atoms with Crippen LogP contribution in [-0.2, 0) is 12.8 Å². The van der Waals surface area contributed by atoms with Crippen molar-refractivity contribution in [3.63, 3.8) is 0 Å². The predicted molar refractivity (Wildman–Crippen MR) is 73.5 cm³/mol. The van der Waals surface area contributed by atoms with Gasteiger partial charge in [0.1, 0.15) is 11.6 Å². The highest BCUT2D eigenvalue weighted by atomic mass is 32.1. The summed E-state index contributed by atoms with van der Waals surface area (Å²) in [4.78, 5) is 5.47. The van der Waals surface area contributed by atoms with Crippen LogP contribution in [-0.4, -0.2) is 18.1 Å². The van der Waals surface area contributed by atoms with E-state index in [1.165, 1.54) is 17.0 Å². The van der Waals surface area contributed by atoms with Crippen LogP contribution < -0.4 is 5.32 Å². The van der Waals surface area contributed by atoms with Gasteiger partial charge in [0.15, 0.2) is 0 Å². The van der Waals surface area contributed by atoms with Gasteiger partial charge in [-0.1, -0.05) is 0 Å². The minimum atomic E-state index is -0.518. The summed E-state index contributed by atoms with van der Waals surface area (Å²) in [6.07, 6.45) is 1.56. The fourth-order valence-electron chi connectivity index (χ4n) is 1.88. The van der Waals surface area contributed by atoms with Gasteiger partial charge in [-0.3, -0.25) is 0 Å². The zero-order valence-corrected chi connectivity index (χ0v) is 11.6. The van der Waals surface area contributed by atoms with Gasteiger partial charge < -0.3 is 5.32 Å². The number of halogens is 2. The Kier molecular flexibility index (Phi) is 4.99. The first-order valence-corrected chi connectivity index (χ1v) is 7.08. The highest BCUT2D eigenvalue weighted by molar-refractivity contribution is 7.09. The normalized spacial score (nSPS) is 10.9. The van der Waals surface area contributed by atoms with Crippen LogP contribution in [0, 0.1) is 18.6 Å². The predicted octanol–water partition coefficient (Wildman–Crippen LogP) is 3.10. The van der Waals surface area contributed by atoms with E-state index in [0.717, 1.165) is 24.7 Å². The van der Waals surface area contributed by atoms with Gasteiger partial charge in [-0.25, -0.2) is 13.8 Å². The molecule has 0 amide bonds. The lowest BCUT2D eigenvalue weighted by molar-refractivity contribution is 0.577. The van der Waals surface area contributed by atoms with E-state index in [0.29, 0.717) is 18.5 Å². The van der Waals surface area contributed by atoms with Crippen LogP contribution in [0.4, 0.5) is 8.78 Å². The third-order valence-corrected chi connectivity index (χ3v) is 3.88. The number of hydrogen-bond donors (Lipinski definition) is 1. The maximum atomic E-state index is 13.0. The fourth-order valence-corrected chi connectivity index (χ4v) is 2.66. The van der Waals surface area contributed by atoms with Crippen LogP contribution in [0.2, 0.25) is 0 Å². The second kappa shape index (κ2) is 6.73. The maximum absolute atomic E-state index is 13.0. The second-order valence-electron chi connectivity index (χ2n) is 4.39. The van der Waals surface area contributed by atoms with Crippen molar-refractivity contribution in [3.8, 4) is 0 Å². The molecular weight excluding hydrogens is 266 g/mol. The van der Waals surface area contributed by atoms with Crippen molar-refractivity contribution in [2.75, 3.05) is 13.1 Å². The van der Waals surface area contributed by atoms with E-state index < -0.39 is 11.6 Å². The number of aryl methyl sites for hydroxylation is 1. The third-order valence-electron chi connectivity index (χ3n) is 2.89. The number of aromatic nitrogens is 1. The van der Waals surface area contributed by atoms with E-state index in [1.54, 1.807) is 11.3 Å². The lowest BCUT2D eigenvalue weighted by atomic mass is 10.1. The molecule has 1 N–H and O–H groups in total. The SMILES string of the molecule is Cc1ncsc1CCNCCc1cc(F)cc(F)c1. The molecule has 1 aromatic heterocycles. The van der Waals surface area contributed by atoms with Crippen LogP contribution >= 0.6 is 11.3 Å². The van der Waals surface area contributed by atoms with Gasteiger partial charge in [-0.2, -0.15) is 0 Å². The number of hydrogen-bond acceptors (Lipinski definition) is 3. The number of rotatable bonds is 6. The highest BCUT2D eigenvalue weighted by Gasteiger charge is 2.02. The van der Waals surface area contributed by atoms with Crippen molar-refractivity contribution < 1.29 is 8.78 Å². The topological polar surface area (TPSA) is 24.9 Å². The maximum Gasteiger partial charge on any atom is 0.126 e. The molecule has 0 saturated heterocycles. The molecular formula is C14H16F2N2S. The largest absolute Gasteiger partial charge is 0.316 e. The molecule has 102 valence electrons. The molecule has 2 rings (SSSR count). The van der Waals surface area contributed by atoms with E-state index in [1.807, 2.05) is 12.4 Å². The van der Waals surface area contributed by atoms with Gasteiger partial charge in [-0.05, 0) is 44.0 Å². The minimum absolute atomic E-state index is 0.518. The van der Waals surface area contributed by atoms with E-state index in [9.17, 15) is 8.78 Å². The molecule has 1 heterocycles. The van der Waals surface area contributed by atoms with Crippen LogP contribution in [0.15, 0.2) is 23.7 Å². The molecule has 0 aliphatic heterocycles. The Bertz CT molecular complexity index is 520. The van der Waals surface area contributed by atoms with Crippen LogP contribution in [0.1, 0.15) is 16.1 Å². The summed E-state index contributed by atoms with van der Waals surface area (Å²) in [6.45, 7) is 3.56. The fraction of sp³-hybridized carbons (Fsp3) is 0.357. The Balaban J connectivity index is 1.71. The van der Waals surface area contributed by atoms with Crippen molar-refractivity contribution in [2.24, 2.45) is 0 Å². The van der Waals surface area contributed by atoms with Crippen LogP contribution in [0.25, 0.3) is 0 Å². The smallest absolute Gasteiger partial charge is 0.126 e. The molecule has 2 aromatic rings. The number of benzene rings is 1. The van der Waals surface area contributed by atoms with Crippen molar-refractivity contribution in [1.29, 1.82) is 0 Å². The number of thiazole rings is 1. The van der Waals surface area contributed by atoms with Gasteiger partial charge in [0.05, 0.1) is 11.2 Å². The molecule has 0 bridgehead atoms. The molecule has 0 aliphatic carbocycles. The first kappa shape index (κ1) is 14.1. The monoisotopic (exact) mass is 282 g/mol.